The summed E-state index contributed by atoms with van der Waals surface area (Å²) in [5.74, 6) is -0.920. The molecule has 3 heterocycles. The minimum atomic E-state index is -0.580. The predicted molar refractivity (Wildman–Crippen MR) is 92.1 cm³/mol. The van der Waals surface area contributed by atoms with Gasteiger partial charge in [-0.05, 0) is 43.7 Å². The summed E-state index contributed by atoms with van der Waals surface area (Å²) >= 11 is 0. The molecular formula is C19H25F2N3O. The lowest BCUT2D eigenvalue weighted by Crippen LogP contribution is -2.49. The van der Waals surface area contributed by atoms with E-state index in [-0.39, 0.29) is 17.6 Å². The molecule has 2 N–H and O–H groups in total. The molecule has 3 aliphatic rings. The molecule has 1 fully saturated rings. The largest absolute Gasteiger partial charge is 0.370 e. The zero-order valence-electron chi connectivity index (χ0n) is 14.5. The van der Waals surface area contributed by atoms with Crippen molar-refractivity contribution in [2.45, 2.75) is 31.0 Å². The predicted octanol–water partition coefficient (Wildman–Crippen LogP) is 2.07. The van der Waals surface area contributed by atoms with Gasteiger partial charge >= 0.3 is 0 Å². The molecule has 1 aromatic carbocycles. The second-order valence-corrected chi connectivity index (χ2v) is 7.57. The number of hydrogen-bond donors (Lipinski definition) is 1. The molecule has 3 atom stereocenters. The van der Waals surface area contributed by atoms with E-state index in [0.29, 0.717) is 6.61 Å². The SMILES string of the molecule is CN1CCC2=C(C1)CN([C@H]1CO[C@H](c3cc(F)ccc3F)[C@@H](N)C1)C2. The quantitative estimate of drug-likeness (QED) is 0.830. The average molecular weight is 349 g/mol. The van der Waals surface area contributed by atoms with E-state index in [1.807, 2.05) is 0 Å². The molecule has 4 rings (SSSR count). The molecule has 25 heavy (non-hydrogen) atoms. The summed E-state index contributed by atoms with van der Waals surface area (Å²) in [6.45, 7) is 4.63. The lowest BCUT2D eigenvalue weighted by atomic mass is 9.93. The minimum absolute atomic E-state index is 0.228. The van der Waals surface area contributed by atoms with Crippen LogP contribution in [-0.2, 0) is 4.74 Å². The number of halogens is 2. The number of benzene rings is 1. The smallest absolute Gasteiger partial charge is 0.129 e. The van der Waals surface area contributed by atoms with Crippen LogP contribution in [0, 0.1) is 11.6 Å². The first-order valence-electron chi connectivity index (χ1n) is 8.95. The van der Waals surface area contributed by atoms with Crippen molar-refractivity contribution < 1.29 is 13.5 Å². The summed E-state index contributed by atoms with van der Waals surface area (Å²) in [4.78, 5) is 4.79. The topological polar surface area (TPSA) is 41.7 Å². The minimum Gasteiger partial charge on any atom is -0.370 e. The van der Waals surface area contributed by atoms with Crippen LogP contribution in [0.4, 0.5) is 8.78 Å². The highest BCUT2D eigenvalue weighted by Crippen LogP contribution is 2.34. The van der Waals surface area contributed by atoms with Crippen LogP contribution < -0.4 is 5.73 Å². The summed E-state index contributed by atoms with van der Waals surface area (Å²) in [5.41, 5.74) is 9.61. The van der Waals surface area contributed by atoms with Crippen LogP contribution in [0.15, 0.2) is 29.3 Å². The third kappa shape index (κ3) is 3.36. The van der Waals surface area contributed by atoms with Gasteiger partial charge in [-0.3, -0.25) is 4.90 Å². The van der Waals surface area contributed by atoms with Crippen LogP contribution in [0.25, 0.3) is 0 Å². The summed E-state index contributed by atoms with van der Waals surface area (Å²) < 4.78 is 33.4. The van der Waals surface area contributed by atoms with Crippen molar-refractivity contribution in [3.05, 3.63) is 46.5 Å². The van der Waals surface area contributed by atoms with Crippen molar-refractivity contribution in [3.63, 3.8) is 0 Å². The van der Waals surface area contributed by atoms with Gasteiger partial charge in [-0.2, -0.15) is 0 Å². The van der Waals surface area contributed by atoms with Gasteiger partial charge < -0.3 is 15.4 Å². The maximum atomic E-state index is 14.0. The van der Waals surface area contributed by atoms with Crippen LogP contribution in [0.1, 0.15) is 24.5 Å². The van der Waals surface area contributed by atoms with Crippen molar-refractivity contribution in [2.24, 2.45) is 5.73 Å². The molecule has 0 unspecified atom stereocenters. The Morgan fingerprint density at radius 2 is 1.96 bits per heavy atom. The van der Waals surface area contributed by atoms with E-state index >= 15 is 0 Å². The molecule has 6 heteroatoms. The highest BCUT2D eigenvalue weighted by molar-refractivity contribution is 5.28. The van der Waals surface area contributed by atoms with Crippen LogP contribution in [-0.4, -0.2) is 61.7 Å². The van der Waals surface area contributed by atoms with Gasteiger partial charge in [0.1, 0.15) is 17.7 Å². The standard InChI is InChI=1S/C19H25F2N3O/c1-23-5-4-12-9-24(10-13(12)8-23)15-7-18(22)19(25-11-15)16-6-14(20)2-3-17(16)21/h2-3,6,15,18-19H,4-5,7-11,22H2,1H3/t15-,18+,19-/m1/s1. The van der Waals surface area contributed by atoms with Gasteiger partial charge in [-0.1, -0.05) is 5.57 Å². The molecule has 0 saturated carbocycles. The molecule has 0 amide bonds. The van der Waals surface area contributed by atoms with E-state index in [2.05, 4.69) is 16.8 Å². The van der Waals surface area contributed by atoms with E-state index in [4.69, 9.17) is 10.5 Å². The summed E-state index contributed by atoms with van der Waals surface area (Å²) in [5, 5.41) is 0. The first-order chi connectivity index (χ1) is 12.0. The van der Waals surface area contributed by atoms with Crippen LogP contribution in [0.2, 0.25) is 0 Å². The second kappa shape index (κ2) is 6.76. The Kier molecular flexibility index (Phi) is 4.62. The van der Waals surface area contributed by atoms with Crippen molar-refractivity contribution in [1.82, 2.24) is 9.80 Å². The second-order valence-electron chi connectivity index (χ2n) is 7.57. The summed E-state index contributed by atoms with van der Waals surface area (Å²) in [7, 11) is 2.16. The van der Waals surface area contributed by atoms with Crippen molar-refractivity contribution in [3.8, 4) is 0 Å². The fourth-order valence-corrected chi connectivity index (χ4v) is 4.33. The number of likely N-dealkylation sites (N-methyl/N-ethyl adjacent to an activating group) is 1. The highest BCUT2D eigenvalue weighted by Gasteiger charge is 2.37. The Balaban J connectivity index is 1.42. The number of hydrogen-bond acceptors (Lipinski definition) is 4. The lowest BCUT2D eigenvalue weighted by molar-refractivity contribution is -0.0465. The molecule has 0 aromatic heterocycles. The Hall–Kier alpha value is -1.34. The van der Waals surface area contributed by atoms with Crippen LogP contribution >= 0.6 is 0 Å². The molecule has 136 valence electrons. The third-order valence-corrected chi connectivity index (χ3v) is 5.73. The lowest BCUT2D eigenvalue weighted by Gasteiger charge is -2.39. The zero-order valence-corrected chi connectivity index (χ0v) is 14.5. The van der Waals surface area contributed by atoms with Gasteiger partial charge in [0.25, 0.3) is 0 Å². The fourth-order valence-electron chi connectivity index (χ4n) is 4.33. The Morgan fingerprint density at radius 3 is 2.76 bits per heavy atom. The molecule has 0 spiro atoms. The van der Waals surface area contributed by atoms with E-state index in [0.717, 1.165) is 51.2 Å². The molecular weight excluding hydrogens is 324 g/mol. The van der Waals surface area contributed by atoms with Gasteiger partial charge in [0.05, 0.1) is 6.61 Å². The molecule has 3 aliphatic heterocycles. The van der Waals surface area contributed by atoms with Gasteiger partial charge in [0.15, 0.2) is 0 Å². The van der Waals surface area contributed by atoms with Gasteiger partial charge in [0, 0.05) is 43.8 Å². The van der Waals surface area contributed by atoms with E-state index < -0.39 is 17.7 Å². The Labute approximate surface area is 147 Å². The van der Waals surface area contributed by atoms with E-state index in [1.54, 1.807) is 5.57 Å². The molecule has 0 radical (unpaired) electrons. The number of nitrogens with two attached hydrogens (primary N) is 1. The van der Waals surface area contributed by atoms with E-state index in [9.17, 15) is 8.78 Å². The fraction of sp³-hybridized carbons (Fsp3) is 0.579. The van der Waals surface area contributed by atoms with Crippen molar-refractivity contribution in [1.29, 1.82) is 0 Å². The number of rotatable bonds is 2. The van der Waals surface area contributed by atoms with Crippen LogP contribution in [0.5, 0.6) is 0 Å². The first kappa shape index (κ1) is 17.1. The number of nitrogens with zero attached hydrogens (tertiary/aromatic N) is 2. The monoisotopic (exact) mass is 349 g/mol. The number of ether oxygens (including phenoxy) is 1. The molecule has 1 aromatic rings. The average Bonchev–Trinajstić information content (AvgIpc) is 3.00. The van der Waals surface area contributed by atoms with Gasteiger partial charge in [-0.25, -0.2) is 8.78 Å². The highest BCUT2D eigenvalue weighted by atomic mass is 19.1. The first-order valence-corrected chi connectivity index (χ1v) is 8.95. The van der Waals surface area contributed by atoms with Crippen molar-refractivity contribution >= 4 is 0 Å². The Bertz CT molecular complexity index is 693. The third-order valence-electron chi connectivity index (χ3n) is 5.73. The summed E-state index contributed by atoms with van der Waals surface area (Å²) in [6.07, 6.45) is 1.29. The zero-order chi connectivity index (χ0) is 17.6. The van der Waals surface area contributed by atoms with E-state index in [1.165, 1.54) is 11.6 Å². The molecule has 0 aliphatic carbocycles. The maximum absolute atomic E-state index is 14.0. The molecule has 4 nitrogen and oxygen atoms in total. The Morgan fingerprint density at radius 1 is 1.16 bits per heavy atom. The summed E-state index contributed by atoms with van der Waals surface area (Å²) in [6, 6.07) is 3.36. The molecule has 1 saturated heterocycles. The van der Waals surface area contributed by atoms with Crippen LogP contribution in [0.3, 0.4) is 0 Å². The van der Waals surface area contributed by atoms with Gasteiger partial charge in [0.2, 0.25) is 0 Å². The van der Waals surface area contributed by atoms with Gasteiger partial charge in [-0.15, -0.1) is 0 Å². The molecule has 0 bridgehead atoms. The maximum Gasteiger partial charge on any atom is 0.129 e. The van der Waals surface area contributed by atoms with Crippen molar-refractivity contribution in [2.75, 3.05) is 39.8 Å². The normalized spacial score (nSPS) is 31.4.